The van der Waals surface area contributed by atoms with Crippen molar-refractivity contribution in [2.24, 2.45) is 0 Å². The number of benzene rings is 1. The molecule has 0 saturated carbocycles. The van der Waals surface area contributed by atoms with Gasteiger partial charge in [-0.3, -0.25) is 9.59 Å². The summed E-state index contributed by atoms with van der Waals surface area (Å²) in [5.41, 5.74) is 3.36. The molecule has 1 atom stereocenters. The molecule has 5 nitrogen and oxygen atoms in total. The first-order chi connectivity index (χ1) is 9.38. The average Bonchev–Trinajstić information content (AvgIpc) is 2.78. The van der Waals surface area contributed by atoms with Gasteiger partial charge in [-0.15, -0.1) is 0 Å². The van der Waals surface area contributed by atoms with Gasteiger partial charge in [0, 0.05) is 20.0 Å². The number of carboxylic acids is 1. The lowest BCUT2D eigenvalue weighted by molar-refractivity contribution is -0.140. The number of aliphatic carboxylic acids is 1. The van der Waals surface area contributed by atoms with Crippen molar-refractivity contribution in [3.8, 4) is 5.75 Å². The number of aryl methyl sites for hydroxylation is 2. The van der Waals surface area contributed by atoms with Gasteiger partial charge in [0.15, 0.2) is 6.10 Å². The van der Waals surface area contributed by atoms with E-state index in [4.69, 9.17) is 9.84 Å². The second-order valence-electron chi connectivity index (χ2n) is 5.26. The van der Waals surface area contributed by atoms with Gasteiger partial charge >= 0.3 is 5.97 Å². The van der Waals surface area contributed by atoms with Crippen LogP contribution in [0.4, 0.5) is 0 Å². The van der Waals surface area contributed by atoms with E-state index in [2.05, 4.69) is 6.07 Å². The molecule has 5 heteroatoms. The molecular formula is C15H19NO4. The van der Waals surface area contributed by atoms with Crippen LogP contribution >= 0.6 is 0 Å². The average molecular weight is 277 g/mol. The molecule has 0 bridgehead atoms. The molecule has 0 fully saturated rings. The Labute approximate surface area is 118 Å². The quantitative estimate of drug-likeness (QED) is 0.906. The highest BCUT2D eigenvalue weighted by molar-refractivity contribution is 5.83. The normalized spacial score (nSPS) is 16.4. The highest BCUT2D eigenvalue weighted by Crippen LogP contribution is 2.31. The second kappa shape index (κ2) is 5.53. The van der Waals surface area contributed by atoms with Crippen molar-refractivity contribution in [3.63, 3.8) is 0 Å². The number of hydrogen-bond acceptors (Lipinski definition) is 3. The van der Waals surface area contributed by atoms with Crippen LogP contribution < -0.4 is 4.74 Å². The number of amides is 1. The minimum Gasteiger partial charge on any atom is -0.481 e. The van der Waals surface area contributed by atoms with E-state index in [-0.39, 0.29) is 18.9 Å². The van der Waals surface area contributed by atoms with E-state index < -0.39 is 12.1 Å². The molecule has 0 radical (unpaired) electrons. The molecule has 0 aliphatic carbocycles. The van der Waals surface area contributed by atoms with E-state index >= 15 is 0 Å². The van der Waals surface area contributed by atoms with Gasteiger partial charge in [0.2, 0.25) is 0 Å². The first kappa shape index (κ1) is 14.4. The molecule has 1 heterocycles. The number of ether oxygens (including phenoxy) is 1. The lowest BCUT2D eigenvalue weighted by atomic mass is 10.0. The summed E-state index contributed by atoms with van der Waals surface area (Å²) in [4.78, 5) is 24.2. The SMILES string of the molecule is Cc1cc2c(cc1C)OC(C(=O)N(C)CCC(=O)O)C2. The fourth-order valence-electron chi connectivity index (χ4n) is 2.27. The number of fused-ring (bicyclic) bond motifs is 1. The fraction of sp³-hybridized carbons (Fsp3) is 0.467. The Morgan fingerprint density at radius 3 is 2.65 bits per heavy atom. The summed E-state index contributed by atoms with van der Waals surface area (Å²) in [7, 11) is 1.61. The maximum absolute atomic E-state index is 12.2. The van der Waals surface area contributed by atoms with Crippen LogP contribution in [0, 0.1) is 13.8 Å². The fourth-order valence-corrected chi connectivity index (χ4v) is 2.27. The molecule has 0 saturated heterocycles. The molecule has 2 rings (SSSR count). The Morgan fingerprint density at radius 2 is 2.00 bits per heavy atom. The molecule has 1 N–H and O–H groups in total. The van der Waals surface area contributed by atoms with E-state index in [1.807, 2.05) is 19.9 Å². The standard InChI is InChI=1S/C15H19NO4/c1-9-6-11-8-13(20-12(11)7-10(9)2)15(19)16(3)5-4-14(17)18/h6-7,13H,4-5,8H2,1-3H3,(H,17,18). The van der Waals surface area contributed by atoms with Crippen molar-refractivity contribution in [1.29, 1.82) is 0 Å². The highest BCUT2D eigenvalue weighted by atomic mass is 16.5. The van der Waals surface area contributed by atoms with Gasteiger partial charge in [-0.2, -0.15) is 0 Å². The predicted octanol–water partition coefficient (Wildman–Crippen LogP) is 1.54. The highest BCUT2D eigenvalue weighted by Gasteiger charge is 2.31. The van der Waals surface area contributed by atoms with Crippen LogP contribution in [0.1, 0.15) is 23.1 Å². The van der Waals surface area contributed by atoms with Gasteiger partial charge in [0.1, 0.15) is 5.75 Å². The minimum atomic E-state index is -0.911. The monoisotopic (exact) mass is 277 g/mol. The first-order valence-electron chi connectivity index (χ1n) is 6.62. The van der Waals surface area contributed by atoms with Crippen LogP contribution in [0.15, 0.2) is 12.1 Å². The number of rotatable bonds is 4. The molecule has 1 aromatic rings. The lowest BCUT2D eigenvalue weighted by Crippen LogP contribution is -2.39. The third-order valence-corrected chi connectivity index (χ3v) is 3.66. The maximum atomic E-state index is 12.2. The van der Waals surface area contributed by atoms with Crippen molar-refractivity contribution in [1.82, 2.24) is 4.90 Å². The van der Waals surface area contributed by atoms with Gasteiger partial charge in [0.05, 0.1) is 6.42 Å². The lowest BCUT2D eigenvalue weighted by Gasteiger charge is -2.19. The van der Waals surface area contributed by atoms with Gasteiger partial charge in [-0.25, -0.2) is 0 Å². The summed E-state index contributed by atoms with van der Waals surface area (Å²) in [6, 6.07) is 4.00. The van der Waals surface area contributed by atoms with Crippen molar-refractivity contribution in [2.75, 3.05) is 13.6 Å². The Bertz CT molecular complexity index is 522. The molecule has 1 aliphatic heterocycles. The van der Waals surface area contributed by atoms with Gasteiger partial charge in [-0.05, 0) is 36.6 Å². The molecule has 20 heavy (non-hydrogen) atoms. The molecule has 1 unspecified atom stereocenters. The third-order valence-electron chi connectivity index (χ3n) is 3.66. The summed E-state index contributed by atoms with van der Waals surface area (Å²) in [5, 5.41) is 8.64. The van der Waals surface area contributed by atoms with Gasteiger partial charge < -0.3 is 14.7 Å². The summed E-state index contributed by atoms with van der Waals surface area (Å²) >= 11 is 0. The Kier molecular flexibility index (Phi) is 3.97. The summed E-state index contributed by atoms with van der Waals surface area (Å²) < 4.78 is 5.69. The van der Waals surface area contributed by atoms with E-state index in [1.54, 1.807) is 7.05 Å². The van der Waals surface area contributed by atoms with E-state index in [0.29, 0.717) is 6.42 Å². The minimum absolute atomic E-state index is 0.0554. The van der Waals surface area contributed by atoms with Gasteiger partial charge in [0.25, 0.3) is 5.91 Å². The van der Waals surface area contributed by atoms with Crippen LogP contribution in [-0.2, 0) is 16.0 Å². The van der Waals surface area contributed by atoms with Crippen LogP contribution in [-0.4, -0.2) is 41.6 Å². The third kappa shape index (κ3) is 2.92. The Balaban J connectivity index is 2.03. The summed E-state index contributed by atoms with van der Waals surface area (Å²) in [6.45, 7) is 4.24. The first-order valence-corrected chi connectivity index (χ1v) is 6.62. The van der Waals surface area contributed by atoms with E-state index in [0.717, 1.165) is 16.9 Å². The molecule has 1 aromatic carbocycles. The largest absolute Gasteiger partial charge is 0.481 e. The summed E-state index contributed by atoms with van der Waals surface area (Å²) in [5.74, 6) is -0.317. The van der Waals surface area contributed by atoms with Crippen molar-refractivity contribution in [2.45, 2.75) is 32.8 Å². The number of nitrogens with zero attached hydrogens (tertiary/aromatic N) is 1. The smallest absolute Gasteiger partial charge is 0.305 e. The van der Waals surface area contributed by atoms with E-state index in [1.165, 1.54) is 10.5 Å². The Morgan fingerprint density at radius 1 is 1.35 bits per heavy atom. The maximum Gasteiger partial charge on any atom is 0.305 e. The molecule has 0 spiro atoms. The van der Waals surface area contributed by atoms with Crippen molar-refractivity contribution in [3.05, 3.63) is 28.8 Å². The van der Waals surface area contributed by atoms with Crippen LogP contribution in [0.2, 0.25) is 0 Å². The molecule has 1 amide bonds. The topological polar surface area (TPSA) is 66.8 Å². The van der Waals surface area contributed by atoms with Crippen LogP contribution in [0.25, 0.3) is 0 Å². The number of carbonyl (C=O) groups is 2. The van der Waals surface area contributed by atoms with Crippen molar-refractivity contribution < 1.29 is 19.4 Å². The van der Waals surface area contributed by atoms with Crippen LogP contribution in [0.5, 0.6) is 5.75 Å². The van der Waals surface area contributed by atoms with Crippen LogP contribution in [0.3, 0.4) is 0 Å². The number of carbonyl (C=O) groups excluding carboxylic acids is 1. The van der Waals surface area contributed by atoms with E-state index in [9.17, 15) is 9.59 Å². The molecule has 1 aliphatic rings. The summed E-state index contributed by atoms with van der Waals surface area (Å²) in [6.07, 6.45) is -0.0442. The van der Waals surface area contributed by atoms with Crippen molar-refractivity contribution >= 4 is 11.9 Å². The predicted molar refractivity (Wildman–Crippen MR) is 73.9 cm³/mol. The number of likely N-dealkylation sites (N-methyl/N-ethyl adjacent to an activating group) is 1. The molecular weight excluding hydrogens is 258 g/mol. The number of carboxylic acid groups (broad SMARTS) is 1. The zero-order chi connectivity index (χ0) is 14.9. The molecule has 0 aromatic heterocycles. The molecule has 108 valence electrons. The number of hydrogen-bond donors (Lipinski definition) is 1. The zero-order valence-corrected chi connectivity index (χ0v) is 12.0. The second-order valence-corrected chi connectivity index (χ2v) is 5.26. The van der Waals surface area contributed by atoms with Gasteiger partial charge in [-0.1, -0.05) is 6.07 Å². The Hall–Kier alpha value is -2.04. The zero-order valence-electron chi connectivity index (χ0n) is 12.0.